The summed E-state index contributed by atoms with van der Waals surface area (Å²) in [5.74, 6) is -0.144. The minimum absolute atomic E-state index is 0. The van der Waals surface area contributed by atoms with Crippen LogP contribution in [0.2, 0.25) is 5.02 Å². The molecular formula is C14H20Cl2N2O2. The molecule has 0 aliphatic carbocycles. The fourth-order valence-electron chi connectivity index (χ4n) is 2.46. The van der Waals surface area contributed by atoms with E-state index >= 15 is 0 Å². The molecule has 0 spiro atoms. The zero-order valence-electron chi connectivity index (χ0n) is 11.4. The number of hydrogen-bond acceptors (Lipinski definition) is 3. The number of methoxy groups -OCH3 is 1. The molecule has 112 valence electrons. The van der Waals surface area contributed by atoms with Crippen molar-refractivity contribution in [1.29, 1.82) is 0 Å². The maximum Gasteiger partial charge on any atom is 0.252 e. The molecule has 1 aliphatic heterocycles. The van der Waals surface area contributed by atoms with E-state index in [0.717, 1.165) is 19.4 Å². The van der Waals surface area contributed by atoms with E-state index in [2.05, 4.69) is 10.6 Å². The van der Waals surface area contributed by atoms with Gasteiger partial charge in [0.25, 0.3) is 5.91 Å². The van der Waals surface area contributed by atoms with Gasteiger partial charge in [0.2, 0.25) is 0 Å². The van der Waals surface area contributed by atoms with Gasteiger partial charge in [-0.1, -0.05) is 23.7 Å². The predicted octanol–water partition coefficient (Wildman–Crippen LogP) is 2.26. The van der Waals surface area contributed by atoms with Crippen LogP contribution >= 0.6 is 24.0 Å². The third kappa shape index (κ3) is 4.09. The number of benzene rings is 1. The highest BCUT2D eigenvalue weighted by Gasteiger charge is 2.33. The molecule has 1 aliphatic rings. The summed E-state index contributed by atoms with van der Waals surface area (Å²) >= 11 is 6.01. The molecule has 1 unspecified atom stereocenters. The first-order chi connectivity index (χ1) is 9.17. The average molecular weight is 319 g/mol. The second-order valence-corrected chi connectivity index (χ2v) is 5.31. The SMILES string of the molecule is COCC1(CNC(=O)c2ccccc2Cl)CCCN1.Cl. The number of carbonyl (C=O) groups is 1. The molecule has 4 nitrogen and oxygen atoms in total. The number of rotatable bonds is 5. The lowest BCUT2D eigenvalue weighted by atomic mass is 9.98. The predicted molar refractivity (Wildman–Crippen MR) is 82.9 cm³/mol. The van der Waals surface area contributed by atoms with Crippen LogP contribution in [0, 0.1) is 0 Å². The zero-order valence-corrected chi connectivity index (χ0v) is 13.0. The highest BCUT2D eigenvalue weighted by Crippen LogP contribution is 2.20. The number of hydrogen-bond donors (Lipinski definition) is 2. The second kappa shape index (κ2) is 7.84. The summed E-state index contributed by atoms with van der Waals surface area (Å²) in [6, 6.07) is 7.06. The van der Waals surface area contributed by atoms with E-state index in [-0.39, 0.29) is 23.9 Å². The van der Waals surface area contributed by atoms with Crippen molar-refractivity contribution in [3.8, 4) is 0 Å². The lowest BCUT2D eigenvalue weighted by Crippen LogP contribution is -2.53. The second-order valence-electron chi connectivity index (χ2n) is 4.91. The van der Waals surface area contributed by atoms with Crippen molar-refractivity contribution in [1.82, 2.24) is 10.6 Å². The van der Waals surface area contributed by atoms with Gasteiger partial charge in [0.1, 0.15) is 0 Å². The molecule has 6 heteroatoms. The summed E-state index contributed by atoms with van der Waals surface area (Å²) in [6.07, 6.45) is 2.11. The Bertz CT molecular complexity index is 449. The van der Waals surface area contributed by atoms with Crippen LogP contribution in [0.15, 0.2) is 24.3 Å². The molecule has 1 amide bonds. The Hall–Kier alpha value is -0.810. The van der Waals surface area contributed by atoms with Gasteiger partial charge in [-0.3, -0.25) is 4.79 Å². The number of nitrogens with one attached hydrogen (secondary N) is 2. The number of ether oxygens (including phenoxy) is 1. The lowest BCUT2D eigenvalue weighted by molar-refractivity contribution is 0.0892. The van der Waals surface area contributed by atoms with Crippen molar-refractivity contribution in [3.63, 3.8) is 0 Å². The Labute approximate surface area is 130 Å². The Morgan fingerprint density at radius 2 is 2.25 bits per heavy atom. The van der Waals surface area contributed by atoms with Gasteiger partial charge in [0.15, 0.2) is 0 Å². The summed E-state index contributed by atoms with van der Waals surface area (Å²) < 4.78 is 5.25. The standard InChI is InChI=1S/C14H19ClN2O2.ClH/c1-19-10-14(7-4-8-17-14)9-16-13(18)11-5-2-3-6-12(11)15;/h2-3,5-6,17H,4,7-10H2,1H3,(H,16,18);1H. The van der Waals surface area contributed by atoms with E-state index in [0.29, 0.717) is 23.7 Å². The molecule has 1 atom stereocenters. The topological polar surface area (TPSA) is 50.4 Å². The molecule has 0 aromatic heterocycles. The van der Waals surface area contributed by atoms with Crippen LogP contribution in [0.1, 0.15) is 23.2 Å². The summed E-state index contributed by atoms with van der Waals surface area (Å²) in [6.45, 7) is 2.10. The van der Waals surface area contributed by atoms with E-state index < -0.39 is 0 Å². The van der Waals surface area contributed by atoms with Crippen molar-refractivity contribution in [3.05, 3.63) is 34.9 Å². The average Bonchev–Trinajstić information content (AvgIpc) is 2.86. The normalized spacial score (nSPS) is 21.3. The van der Waals surface area contributed by atoms with Gasteiger partial charge in [-0.25, -0.2) is 0 Å². The fraction of sp³-hybridized carbons (Fsp3) is 0.500. The molecule has 0 saturated carbocycles. The number of halogens is 2. The molecule has 0 radical (unpaired) electrons. The molecule has 2 N–H and O–H groups in total. The molecule has 1 aromatic rings. The Balaban J connectivity index is 0.00000200. The third-order valence-corrected chi connectivity index (χ3v) is 3.79. The number of amides is 1. The minimum atomic E-state index is -0.147. The van der Waals surface area contributed by atoms with Crippen molar-refractivity contribution < 1.29 is 9.53 Å². The van der Waals surface area contributed by atoms with Gasteiger partial charge in [0, 0.05) is 13.7 Å². The van der Waals surface area contributed by atoms with E-state index in [9.17, 15) is 4.79 Å². The maximum absolute atomic E-state index is 12.1. The fourth-order valence-corrected chi connectivity index (χ4v) is 2.68. The molecule has 2 rings (SSSR count). The Kier molecular flexibility index (Phi) is 6.76. The van der Waals surface area contributed by atoms with Crippen LogP contribution in [0.25, 0.3) is 0 Å². The number of carbonyl (C=O) groups excluding carboxylic acids is 1. The van der Waals surface area contributed by atoms with Crippen LogP contribution in [-0.2, 0) is 4.74 Å². The lowest BCUT2D eigenvalue weighted by Gasteiger charge is -2.29. The maximum atomic E-state index is 12.1. The van der Waals surface area contributed by atoms with E-state index in [1.54, 1.807) is 25.3 Å². The van der Waals surface area contributed by atoms with Gasteiger partial charge in [-0.15, -0.1) is 12.4 Å². The first-order valence-electron chi connectivity index (χ1n) is 6.44. The quantitative estimate of drug-likeness (QED) is 0.875. The van der Waals surface area contributed by atoms with Gasteiger partial charge in [0.05, 0.1) is 22.7 Å². The molecule has 1 fully saturated rings. The highest BCUT2D eigenvalue weighted by molar-refractivity contribution is 6.33. The van der Waals surface area contributed by atoms with Crippen molar-refractivity contribution in [2.24, 2.45) is 0 Å². The van der Waals surface area contributed by atoms with Gasteiger partial charge in [-0.05, 0) is 31.5 Å². The zero-order chi connectivity index (χ0) is 13.7. The molecule has 0 bridgehead atoms. The van der Waals surface area contributed by atoms with Crippen LogP contribution in [0.4, 0.5) is 0 Å². The van der Waals surface area contributed by atoms with Gasteiger partial charge < -0.3 is 15.4 Å². The van der Waals surface area contributed by atoms with Crippen LogP contribution in [0.3, 0.4) is 0 Å². The van der Waals surface area contributed by atoms with E-state index in [1.807, 2.05) is 6.07 Å². The monoisotopic (exact) mass is 318 g/mol. The van der Waals surface area contributed by atoms with E-state index in [4.69, 9.17) is 16.3 Å². The minimum Gasteiger partial charge on any atom is -0.383 e. The molecule has 1 saturated heterocycles. The van der Waals surface area contributed by atoms with Crippen LogP contribution in [-0.4, -0.2) is 38.3 Å². The molecule has 1 heterocycles. The summed E-state index contributed by atoms with van der Waals surface area (Å²) in [5, 5.41) is 6.83. The summed E-state index contributed by atoms with van der Waals surface area (Å²) in [4.78, 5) is 12.1. The molecule has 20 heavy (non-hydrogen) atoms. The Morgan fingerprint density at radius 3 is 2.85 bits per heavy atom. The smallest absolute Gasteiger partial charge is 0.252 e. The van der Waals surface area contributed by atoms with Crippen LogP contribution in [0.5, 0.6) is 0 Å². The van der Waals surface area contributed by atoms with Gasteiger partial charge >= 0.3 is 0 Å². The van der Waals surface area contributed by atoms with E-state index in [1.165, 1.54) is 0 Å². The third-order valence-electron chi connectivity index (χ3n) is 3.46. The molecular weight excluding hydrogens is 299 g/mol. The van der Waals surface area contributed by atoms with Gasteiger partial charge in [-0.2, -0.15) is 0 Å². The van der Waals surface area contributed by atoms with Crippen LogP contribution < -0.4 is 10.6 Å². The van der Waals surface area contributed by atoms with Crippen molar-refractivity contribution in [2.75, 3.05) is 26.8 Å². The molecule has 1 aromatic carbocycles. The van der Waals surface area contributed by atoms with Crippen molar-refractivity contribution in [2.45, 2.75) is 18.4 Å². The highest BCUT2D eigenvalue weighted by atomic mass is 35.5. The summed E-state index contributed by atoms with van der Waals surface area (Å²) in [5.41, 5.74) is 0.362. The largest absolute Gasteiger partial charge is 0.383 e. The first kappa shape index (κ1) is 17.2. The first-order valence-corrected chi connectivity index (χ1v) is 6.81. The van der Waals surface area contributed by atoms with Crippen molar-refractivity contribution >= 4 is 29.9 Å². The summed E-state index contributed by atoms with van der Waals surface area (Å²) in [7, 11) is 1.68. The Morgan fingerprint density at radius 1 is 1.50 bits per heavy atom.